The number of anilines is 2. The van der Waals surface area contributed by atoms with Gasteiger partial charge in [-0.05, 0) is 6.42 Å². The maximum absolute atomic E-state index is 11.2. The van der Waals surface area contributed by atoms with Crippen LogP contribution in [0.3, 0.4) is 0 Å². The Balaban J connectivity index is 2.27. The number of nitrogens with one attached hydrogen (secondary N) is 1. The Morgan fingerprint density at radius 3 is 2.31 bits per heavy atom. The molecule has 1 aromatic rings. The molecule has 1 aromatic heterocycles. The first-order valence-electron chi connectivity index (χ1n) is 6.00. The Morgan fingerprint density at radius 1 is 1.12 bits per heavy atom. The van der Waals surface area contributed by atoms with Crippen molar-refractivity contribution in [2.24, 2.45) is 0 Å². The van der Waals surface area contributed by atoms with E-state index >= 15 is 0 Å². The number of rotatable bonds is 7. The van der Waals surface area contributed by atoms with E-state index < -0.39 is 0 Å². The lowest BCUT2D eigenvalue weighted by Crippen LogP contribution is -2.08. The number of hydrogen-bond acceptors (Lipinski definition) is 3. The van der Waals surface area contributed by atoms with E-state index in [9.17, 15) is 4.79 Å². The van der Waals surface area contributed by atoms with Crippen LogP contribution in [0.4, 0.5) is 11.5 Å². The van der Waals surface area contributed by atoms with Gasteiger partial charge in [0, 0.05) is 6.54 Å². The van der Waals surface area contributed by atoms with Gasteiger partial charge in [0.2, 0.25) is 0 Å². The molecular weight excluding hydrogens is 204 g/mol. The van der Waals surface area contributed by atoms with Crippen LogP contribution in [0.1, 0.15) is 45.4 Å². The van der Waals surface area contributed by atoms with Gasteiger partial charge >= 0.3 is 0 Å². The summed E-state index contributed by atoms with van der Waals surface area (Å²) in [6.45, 7) is 2.94. The van der Waals surface area contributed by atoms with E-state index in [0.29, 0.717) is 5.82 Å². The van der Waals surface area contributed by atoms with Gasteiger partial charge in [-0.1, -0.05) is 39.0 Å². The summed E-state index contributed by atoms with van der Waals surface area (Å²) in [7, 11) is 0. The minimum absolute atomic E-state index is 0.131. The Hall–Kier alpha value is -1.39. The first-order chi connectivity index (χ1) is 7.66. The molecule has 0 aliphatic heterocycles. The van der Waals surface area contributed by atoms with Gasteiger partial charge in [0.1, 0.15) is 11.5 Å². The molecule has 5 nitrogen and oxygen atoms in total. The van der Waals surface area contributed by atoms with E-state index in [1.54, 1.807) is 4.68 Å². The maximum atomic E-state index is 11.2. The van der Waals surface area contributed by atoms with Crippen molar-refractivity contribution in [3.05, 3.63) is 10.4 Å². The zero-order chi connectivity index (χ0) is 12.0. The Morgan fingerprint density at radius 2 is 1.75 bits per heavy atom. The summed E-state index contributed by atoms with van der Waals surface area (Å²) in [6.07, 6.45) is 7.28. The second kappa shape index (κ2) is 6.25. The summed E-state index contributed by atoms with van der Waals surface area (Å²) in [4.78, 5) is 11.2. The Bertz CT molecular complexity index is 367. The van der Waals surface area contributed by atoms with Gasteiger partial charge < -0.3 is 11.5 Å². The number of aromatic nitrogens is 2. The van der Waals surface area contributed by atoms with Crippen molar-refractivity contribution < 1.29 is 0 Å². The van der Waals surface area contributed by atoms with Gasteiger partial charge in [0.05, 0.1) is 0 Å². The van der Waals surface area contributed by atoms with Crippen LogP contribution >= 0.6 is 0 Å². The van der Waals surface area contributed by atoms with Crippen molar-refractivity contribution in [2.45, 2.75) is 52.0 Å². The van der Waals surface area contributed by atoms with Gasteiger partial charge in [-0.15, -0.1) is 0 Å². The standard InChI is InChI=1S/C11H22N4O/c1-2-3-4-5-6-7-8-15-10(13)9(12)11(16)14-15/h2-8,12-13H2,1H3,(H,14,16). The molecule has 0 unspecified atom stereocenters. The third-order valence-corrected chi connectivity index (χ3v) is 2.78. The fourth-order valence-corrected chi connectivity index (χ4v) is 1.73. The molecular formula is C11H22N4O. The molecule has 0 spiro atoms. The molecule has 0 bridgehead atoms. The zero-order valence-electron chi connectivity index (χ0n) is 9.96. The predicted molar refractivity (Wildman–Crippen MR) is 67.3 cm³/mol. The number of hydrogen-bond donors (Lipinski definition) is 3. The molecule has 0 radical (unpaired) electrons. The molecule has 0 aliphatic rings. The van der Waals surface area contributed by atoms with Crippen LogP contribution in [0.5, 0.6) is 0 Å². The lowest BCUT2D eigenvalue weighted by Gasteiger charge is -2.04. The number of nitrogen functional groups attached to an aromatic ring is 2. The largest absolute Gasteiger partial charge is 0.391 e. The minimum Gasteiger partial charge on any atom is -0.391 e. The number of aromatic amines is 1. The van der Waals surface area contributed by atoms with E-state index in [1.165, 1.54) is 32.1 Å². The Labute approximate surface area is 95.8 Å². The first kappa shape index (κ1) is 12.7. The molecule has 0 aliphatic carbocycles. The topological polar surface area (TPSA) is 89.8 Å². The summed E-state index contributed by atoms with van der Waals surface area (Å²) < 4.78 is 1.64. The maximum Gasteiger partial charge on any atom is 0.289 e. The summed E-state index contributed by atoms with van der Waals surface area (Å²) in [6, 6.07) is 0. The van der Waals surface area contributed by atoms with Gasteiger partial charge in [-0.2, -0.15) is 0 Å². The highest BCUT2D eigenvalue weighted by molar-refractivity contribution is 5.56. The van der Waals surface area contributed by atoms with Crippen LogP contribution in [-0.2, 0) is 6.54 Å². The number of unbranched alkanes of at least 4 members (excludes halogenated alkanes) is 5. The molecule has 0 atom stereocenters. The van der Waals surface area contributed by atoms with Gasteiger partial charge in [-0.3, -0.25) is 14.6 Å². The molecule has 16 heavy (non-hydrogen) atoms. The van der Waals surface area contributed by atoms with E-state index in [4.69, 9.17) is 11.5 Å². The van der Waals surface area contributed by atoms with Crippen LogP contribution in [0.15, 0.2) is 4.79 Å². The lowest BCUT2D eigenvalue weighted by molar-refractivity contribution is 0.530. The average Bonchev–Trinajstić information content (AvgIpc) is 2.51. The molecule has 0 saturated carbocycles. The van der Waals surface area contributed by atoms with Crippen molar-refractivity contribution in [3.8, 4) is 0 Å². The molecule has 0 saturated heterocycles. The molecule has 0 aromatic carbocycles. The summed E-state index contributed by atoms with van der Waals surface area (Å²) in [5.74, 6) is 0.360. The third-order valence-electron chi connectivity index (χ3n) is 2.78. The van der Waals surface area contributed by atoms with E-state index in [1.807, 2.05) is 0 Å². The van der Waals surface area contributed by atoms with Crippen molar-refractivity contribution in [3.63, 3.8) is 0 Å². The van der Waals surface area contributed by atoms with E-state index in [2.05, 4.69) is 12.0 Å². The number of nitrogens with zero attached hydrogens (tertiary/aromatic N) is 1. The average molecular weight is 226 g/mol. The lowest BCUT2D eigenvalue weighted by atomic mass is 10.1. The number of aryl methyl sites for hydroxylation is 1. The molecule has 0 amide bonds. The van der Waals surface area contributed by atoms with Gasteiger partial charge in [0.15, 0.2) is 0 Å². The highest BCUT2D eigenvalue weighted by atomic mass is 16.1. The number of nitrogens with two attached hydrogens (primary N) is 2. The molecule has 1 rings (SSSR count). The summed E-state index contributed by atoms with van der Waals surface area (Å²) in [5, 5.41) is 2.63. The normalized spacial score (nSPS) is 10.8. The van der Waals surface area contributed by atoms with E-state index in [0.717, 1.165) is 13.0 Å². The van der Waals surface area contributed by atoms with Crippen molar-refractivity contribution in [1.29, 1.82) is 0 Å². The summed E-state index contributed by atoms with van der Waals surface area (Å²) in [5.41, 5.74) is 11.0. The minimum atomic E-state index is -0.288. The van der Waals surface area contributed by atoms with Crippen molar-refractivity contribution in [2.75, 3.05) is 11.5 Å². The van der Waals surface area contributed by atoms with Gasteiger partial charge in [0.25, 0.3) is 5.56 Å². The highest BCUT2D eigenvalue weighted by Gasteiger charge is 2.06. The third kappa shape index (κ3) is 3.32. The molecule has 5 N–H and O–H groups in total. The Kier molecular flexibility index (Phi) is 4.95. The second-order valence-electron chi connectivity index (χ2n) is 4.16. The highest BCUT2D eigenvalue weighted by Crippen LogP contribution is 2.10. The second-order valence-corrected chi connectivity index (χ2v) is 4.16. The SMILES string of the molecule is CCCCCCCCn1[nH]c(=O)c(N)c1N. The molecule has 1 heterocycles. The predicted octanol–water partition coefficient (Wildman–Crippen LogP) is 1.70. The quantitative estimate of drug-likeness (QED) is 0.618. The van der Waals surface area contributed by atoms with Gasteiger partial charge in [-0.25, -0.2) is 0 Å². The smallest absolute Gasteiger partial charge is 0.289 e. The fraction of sp³-hybridized carbons (Fsp3) is 0.727. The van der Waals surface area contributed by atoms with Crippen LogP contribution in [0.2, 0.25) is 0 Å². The molecule has 92 valence electrons. The first-order valence-corrected chi connectivity index (χ1v) is 6.00. The van der Waals surface area contributed by atoms with Crippen LogP contribution in [-0.4, -0.2) is 9.78 Å². The fourth-order valence-electron chi connectivity index (χ4n) is 1.73. The molecule has 0 fully saturated rings. The van der Waals surface area contributed by atoms with Crippen LogP contribution in [0.25, 0.3) is 0 Å². The van der Waals surface area contributed by atoms with Crippen LogP contribution < -0.4 is 17.0 Å². The monoisotopic (exact) mass is 226 g/mol. The molecule has 5 heteroatoms. The van der Waals surface area contributed by atoms with E-state index in [-0.39, 0.29) is 11.2 Å². The van der Waals surface area contributed by atoms with Crippen molar-refractivity contribution >= 4 is 11.5 Å². The number of H-pyrrole nitrogens is 1. The zero-order valence-corrected chi connectivity index (χ0v) is 9.96. The van der Waals surface area contributed by atoms with Crippen LogP contribution in [0, 0.1) is 0 Å². The van der Waals surface area contributed by atoms with Crippen molar-refractivity contribution in [1.82, 2.24) is 9.78 Å². The summed E-state index contributed by atoms with van der Waals surface area (Å²) >= 11 is 0.